The molecule has 3 aliphatic rings. The number of nitrogens with one attached hydrogen (secondary N) is 1. The molecule has 1 aromatic carbocycles. The molecule has 1 N–H and O–H groups in total. The highest BCUT2D eigenvalue weighted by Crippen LogP contribution is 2.48. The predicted octanol–water partition coefficient (Wildman–Crippen LogP) is 3.62. The Labute approximate surface area is 188 Å². The van der Waals surface area contributed by atoms with Crippen molar-refractivity contribution in [2.24, 2.45) is 11.8 Å². The number of hydrogen-bond donors (Lipinski definition) is 1. The van der Waals surface area contributed by atoms with Crippen molar-refractivity contribution in [3.8, 4) is 11.5 Å². The smallest absolute Gasteiger partial charge is 0.337 e. The van der Waals surface area contributed by atoms with Crippen molar-refractivity contribution >= 4 is 29.3 Å². The van der Waals surface area contributed by atoms with Gasteiger partial charge >= 0.3 is 5.97 Å². The van der Waals surface area contributed by atoms with Crippen LogP contribution in [0.2, 0.25) is 0 Å². The van der Waals surface area contributed by atoms with Crippen molar-refractivity contribution in [1.29, 1.82) is 0 Å². The van der Waals surface area contributed by atoms with Crippen molar-refractivity contribution in [2.75, 3.05) is 34.4 Å². The molecule has 0 radical (unpaired) electrons. The number of aromatic amines is 1. The first kappa shape index (κ1) is 21.8. The van der Waals surface area contributed by atoms with Gasteiger partial charge in [0, 0.05) is 47.6 Å². The Hall–Kier alpha value is -2.38. The van der Waals surface area contributed by atoms with Crippen LogP contribution in [0.1, 0.15) is 30.6 Å². The van der Waals surface area contributed by atoms with E-state index in [1.165, 1.54) is 23.8 Å². The van der Waals surface area contributed by atoms with Crippen LogP contribution in [-0.2, 0) is 20.7 Å². The van der Waals surface area contributed by atoms with Crippen LogP contribution in [0.25, 0.3) is 10.9 Å². The number of nitrogens with zero attached hydrogens (tertiary/aromatic N) is 1. The van der Waals surface area contributed by atoms with Crippen LogP contribution in [0, 0.1) is 11.8 Å². The summed E-state index contributed by atoms with van der Waals surface area (Å²) in [5.74, 6) is 1.59. The second kappa shape index (κ2) is 8.28. The second-order valence-electron chi connectivity index (χ2n) is 8.44. The lowest BCUT2D eigenvalue weighted by atomic mass is 9.72. The highest BCUT2D eigenvalue weighted by Gasteiger charge is 2.47. The van der Waals surface area contributed by atoms with E-state index in [1.807, 2.05) is 6.07 Å². The molecule has 3 aliphatic heterocycles. The minimum absolute atomic E-state index is 0. The average Bonchev–Trinajstić information content (AvgIpc) is 3.14. The molecule has 0 aliphatic carbocycles. The van der Waals surface area contributed by atoms with E-state index in [1.54, 1.807) is 20.5 Å². The molecule has 0 spiro atoms. The van der Waals surface area contributed by atoms with Gasteiger partial charge in [-0.1, -0.05) is 0 Å². The maximum atomic E-state index is 12.4. The molecule has 5 rings (SSSR count). The van der Waals surface area contributed by atoms with Gasteiger partial charge in [0.25, 0.3) is 0 Å². The van der Waals surface area contributed by atoms with Gasteiger partial charge in [-0.05, 0) is 31.4 Å². The second-order valence-corrected chi connectivity index (χ2v) is 8.44. The number of carbonyl (C=O) groups is 1. The summed E-state index contributed by atoms with van der Waals surface area (Å²) in [6, 6.07) is 4.32. The summed E-state index contributed by atoms with van der Waals surface area (Å²) in [7, 11) is 4.75. The Balaban J connectivity index is 0.00000231. The van der Waals surface area contributed by atoms with Crippen LogP contribution in [0.3, 0.4) is 0 Å². The molecule has 0 amide bonds. The number of carbonyl (C=O) groups excluding carboxylic acids is 1. The zero-order valence-corrected chi connectivity index (χ0v) is 19.1. The summed E-state index contributed by atoms with van der Waals surface area (Å²) in [4.78, 5) is 18.6. The molecule has 1 aromatic heterocycles. The quantitative estimate of drug-likeness (QED) is 0.723. The Morgan fingerprint density at radius 2 is 1.94 bits per heavy atom. The van der Waals surface area contributed by atoms with E-state index >= 15 is 0 Å². The number of ether oxygens (including phenoxy) is 4. The van der Waals surface area contributed by atoms with Crippen LogP contribution >= 0.6 is 12.4 Å². The Morgan fingerprint density at radius 1 is 1.19 bits per heavy atom. The SMILES string of the molecule is COC(=O)C1=CO[C@@H](C)[C@@H]2CN3CCc4c([nH]c5cc(OC)c(OC)cc45)[C@H]3C[C@H]12.Cl. The third-order valence-electron chi connectivity index (χ3n) is 7.14. The fourth-order valence-corrected chi connectivity index (χ4v) is 5.56. The van der Waals surface area contributed by atoms with Crippen molar-refractivity contribution in [3.05, 3.63) is 35.2 Å². The molecule has 8 heteroatoms. The molecule has 4 heterocycles. The summed E-state index contributed by atoms with van der Waals surface area (Å²) in [6.07, 6.45) is 3.56. The Bertz CT molecular complexity index is 1030. The molecule has 2 aromatic rings. The maximum Gasteiger partial charge on any atom is 0.337 e. The largest absolute Gasteiger partial charge is 0.497 e. The molecular weight excluding hydrogens is 420 g/mol. The van der Waals surface area contributed by atoms with Crippen LogP contribution in [0.15, 0.2) is 24.0 Å². The zero-order chi connectivity index (χ0) is 21.0. The molecule has 0 unspecified atom stereocenters. The Kier molecular flexibility index (Phi) is 5.83. The van der Waals surface area contributed by atoms with Gasteiger partial charge in [-0.2, -0.15) is 0 Å². The molecular formula is C23H29ClN2O5. The minimum atomic E-state index is -0.285. The first-order valence-electron chi connectivity index (χ1n) is 10.5. The van der Waals surface area contributed by atoms with Gasteiger partial charge < -0.3 is 23.9 Å². The van der Waals surface area contributed by atoms with Crippen molar-refractivity contribution in [1.82, 2.24) is 9.88 Å². The Morgan fingerprint density at radius 3 is 2.65 bits per heavy atom. The fraction of sp³-hybridized carbons (Fsp3) is 0.522. The van der Waals surface area contributed by atoms with Crippen molar-refractivity contribution in [3.63, 3.8) is 0 Å². The minimum Gasteiger partial charge on any atom is -0.497 e. The van der Waals surface area contributed by atoms with E-state index in [0.717, 1.165) is 42.9 Å². The number of esters is 1. The summed E-state index contributed by atoms with van der Waals surface area (Å²) < 4.78 is 21.9. The van der Waals surface area contributed by atoms with Crippen LogP contribution in [0.5, 0.6) is 11.5 Å². The lowest BCUT2D eigenvalue weighted by Gasteiger charge is -2.49. The average molecular weight is 449 g/mol. The normalized spacial score (nSPS) is 27.0. The van der Waals surface area contributed by atoms with Gasteiger partial charge in [0.1, 0.15) is 0 Å². The summed E-state index contributed by atoms with van der Waals surface area (Å²) in [5, 5.41) is 1.19. The summed E-state index contributed by atoms with van der Waals surface area (Å²) in [5.41, 5.74) is 4.31. The van der Waals surface area contributed by atoms with Gasteiger partial charge in [-0.15, -0.1) is 12.4 Å². The molecule has 7 nitrogen and oxygen atoms in total. The number of fused-ring (bicyclic) bond motifs is 6. The van der Waals surface area contributed by atoms with E-state index in [9.17, 15) is 4.79 Å². The first-order valence-corrected chi connectivity index (χ1v) is 10.5. The molecule has 4 atom stereocenters. The molecule has 1 saturated heterocycles. The van der Waals surface area contributed by atoms with E-state index in [2.05, 4.69) is 22.9 Å². The van der Waals surface area contributed by atoms with Crippen LogP contribution < -0.4 is 9.47 Å². The lowest BCUT2D eigenvalue weighted by molar-refractivity contribution is -0.139. The molecule has 168 valence electrons. The number of H-pyrrole nitrogens is 1. The van der Waals surface area contributed by atoms with Gasteiger partial charge in [-0.25, -0.2) is 4.79 Å². The van der Waals surface area contributed by atoms with E-state index in [0.29, 0.717) is 5.57 Å². The third kappa shape index (κ3) is 3.34. The standard InChI is InChI=1S/C23H28N2O5.ClH/c1-12-16-10-25-6-5-13-15-8-20(27-2)21(28-3)9-18(15)24-22(13)19(25)7-14(16)17(11-30-12)23(26)29-4;/h8-9,11-12,14,16,19,24H,5-7,10H2,1-4H3;1H/t12-,14-,16-,19+;/m0./s1. The summed E-state index contributed by atoms with van der Waals surface area (Å²) in [6.45, 7) is 4.00. The van der Waals surface area contributed by atoms with Gasteiger partial charge in [-0.3, -0.25) is 4.90 Å². The van der Waals surface area contributed by atoms with Crippen molar-refractivity contribution in [2.45, 2.75) is 31.9 Å². The maximum absolute atomic E-state index is 12.4. The number of piperidine rings is 1. The zero-order valence-electron chi connectivity index (χ0n) is 18.3. The van der Waals surface area contributed by atoms with Crippen LogP contribution in [-0.4, -0.2) is 56.4 Å². The summed E-state index contributed by atoms with van der Waals surface area (Å²) >= 11 is 0. The third-order valence-corrected chi connectivity index (χ3v) is 7.14. The lowest BCUT2D eigenvalue weighted by Crippen LogP contribution is -2.51. The molecule has 0 saturated carbocycles. The van der Waals surface area contributed by atoms with Crippen molar-refractivity contribution < 1.29 is 23.7 Å². The number of hydrogen-bond acceptors (Lipinski definition) is 6. The van der Waals surface area contributed by atoms with Gasteiger partial charge in [0.15, 0.2) is 11.5 Å². The number of halogens is 1. The molecule has 1 fully saturated rings. The first-order chi connectivity index (χ1) is 14.5. The predicted molar refractivity (Wildman–Crippen MR) is 119 cm³/mol. The monoisotopic (exact) mass is 448 g/mol. The molecule has 0 bridgehead atoms. The number of methoxy groups -OCH3 is 3. The van der Waals surface area contributed by atoms with Gasteiger partial charge in [0.2, 0.25) is 0 Å². The number of benzene rings is 1. The van der Waals surface area contributed by atoms with Gasteiger partial charge in [0.05, 0.1) is 45.3 Å². The van der Waals surface area contributed by atoms with E-state index in [4.69, 9.17) is 18.9 Å². The van der Waals surface area contributed by atoms with E-state index in [-0.39, 0.29) is 42.4 Å². The highest BCUT2D eigenvalue weighted by molar-refractivity contribution is 5.89. The molecule has 31 heavy (non-hydrogen) atoms. The topological polar surface area (TPSA) is 73.0 Å². The number of aromatic nitrogens is 1. The fourth-order valence-electron chi connectivity index (χ4n) is 5.56. The highest BCUT2D eigenvalue weighted by atomic mass is 35.5. The van der Waals surface area contributed by atoms with E-state index < -0.39 is 0 Å². The van der Waals surface area contributed by atoms with Crippen LogP contribution in [0.4, 0.5) is 0 Å². The number of rotatable bonds is 3.